The van der Waals surface area contributed by atoms with Gasteiger partial charge in [-0.15, -0.1) is 0 Å². The van der Waals surface area contributed by atoms with Gasteiger partial charge in [-0.25, -0.2) is 4.79 Å². The van der Waals surface area contributed by atoms with Crippen molar-refractivity contribution in [3.8, 4) is 5.75 Å². The summed E-state index contributed by atoms with van der Waals surface area (Å²) >= 11 is 3.23. The van der Waals surface area contributed by atoms with Crippen LogP contribution in [0.1, 0.15) is 15.9 Å². The predicted octanol–water partition coefficient (Wildman–Crippen LogP) is 3.44. The monoisotopic (exact) mass is 450 g/mol. The largest absolute Gasteiger partial charge is 0.423 e. The molecule has 120 valence electrons. The van der Waals surface area contributed by atoms with Crippen LogP contribution in [0.2, 0.25) is 0 Å². The van der Waals surface area contributed by atoms with Gasteiger partial charge in [-0.3, -0.25) is 4.79 Å². The van der Waals surface area contributed by atoms with E-state index >= 15 is 0 Å². The van der Waals surface area contributed by atoms with Gasteiger partial charge in [-0.1, -0.05) is 24.3 Å². The molecule has 0 saturated carbocycles. The third-order valence-electron chi connectivity index (χ3n) is 3.12. The summed E-state index contributed by atoms with van der Waals surface area (Å²) in [5.41, 5.74) is 6.82. The second-order valence-corrected chi connectivity index (χ2v) is 7.03. The third kappa shape index (κ3) is 3.85. The number of hydrogen-bond acceptors (Lipinski definition) is 5. The smallest absolute Gasteiger partial charge is 0.344 e. The van der Waals surface area contributed by atoms with Crippen molar-refractivity contribution in [2.24, 2.45) is 10.7 Å². The fourth-order valence-electron chi connectivity index (χ4n) is 2.00. The minimum Gasteiger partial charge on any atom is -0.423 e. The highest BCUT2D eigenvalue weighted by molar-refractivity contribution is 14.1. The van der Waals surface area contributed by atoms with Crippen LogP contribution in [0.15, 0.2) is 58.4 Å². The van der Waals surface area contributed by atoms with Gasteiger partial charge in [-0.05, 0) is 70.3 Å². The summed E-state index contributed by atoms with van der Waals surface area (Å²) in [5.74, 6) is -0.316. The average molecular weight is 450 g/mol. The van der Waals surface area contributed by atoms with Crippen LogP contribution in [-0.4, -0.2) is 17.0 Å². The maximum Gasteiger partial charge on any atom is 0.344 e. The van der Waals surface area contributed by atoms with Crippen LogP contribution in [0, 0.1) is 3.57 Å². The standard InChI is InChI=1S/C17H11IN2O3S/c18-13-4-2-1-3-12(13)16(22)23-11-7-5-10(6-8-11)9-14-15(21)20-17(19)24-14/h1-9H,(H2,19,20,21)/b14-9-. The van der Waals surface area contributed by atoms with Gasteiger partial charge in [0.05, 0.1) is 10.5 Å². The summed E-state index contributed by atoms with van der Waals surface area (Å²) in [7, 11) is 0. The Labute approximate surface area is 156 Å². The van der Waals surface area contributed by atoms with Gasteiger partial charge in [0.15, 0.2) is 5.17 Å². The molecule has 24 heavy (non-hydrogen) atoms. The molecule has 0 bridgehead atoms. The number of carbonyl (C=O) groups excluding carboxylic acids is 2. The molecule has 1 amide bonds. The van der Waals surface area contributed by atoms with Gasteiger partial charge in [0.25, 0.3) is 5.91 Å². The van der Waals surface area contributed by atoms with E-state index in [1.807, 2.05) is 12.1 Å². The van der Waals surface area contributed by atoms with Gasteiger partial charge in [-0.2, -0.15) is 4.99 Å². The third-order valence-corrected chi connectivity index (χ3v) is 4.87. The first kappa shape index (κ1) is 16.7. The lowest BCUT2D eigenvalue weighted by atomic mass is 10.2. The summed E-state index contributed by atoms with van der Waals surface area (Å²) in [6, 6.07) is 14.1. The van der Waals surface area contributed by atoms with E-state index in [1.54, 1.807) is 42.5 Å². The molecule has 1 heterocycles. The first-order chi connectivity index (χ1) is 11.5. The maximum atomic E-state index is 12.2. The van der Waals surface area contributed by atoms with E-state index in [9.17, 15) is 9.59 Å². The van der Waals surface area contributed by atoms with Crippen LogP contribution in [0.4, 0.5) is 0 Å². The molecule has 0 unspecified atom stereocenters. The van der Waals surface area contributed by atoms with Gasteiger partial charge in [0.1, 0.15) is 5.75 Å². The zero-order valence-electron chi connectivity index (χ0n) is 12.2. The van der Waals surface area contributed by atoms with Crippen LogP contribution >= 0.6 is 34.4 Å². The molecule has 1 aliphatic rings. The molecular formula is C17H11IN2O3S. The number of thioether (sulfide) groups is 1. The molecule has 0 aliphatic carbocycles. The van der Waals surface area contributed by atoms with E-state index in [1.165, 1.54) is 0 Å². The number of nitrogens with two attached hydrogens (primary N) is 1. The van der Waals surface area contributed by atoms with Crippen LogP contribution in [-0.2, 0) is 4.79 Å². The first-order valence-corrected chi connectivity index (χ1v) is 8.77. The van der Waals surface area contributed by atoms with E-state index in [-0.39, 0.29) is 11.1 Å². The fourth-order valence-corrected chi connectivity index (χ4v) is 3.29. The molecule has 0 radical (unpaired) electrons. The number of rotatable bonds is 3. The van der Waals surface area contributed by atoms with Crippen molar-refractivity contribution in [2.45, 2.75) is 0 Å². The first-order valence-electron chi connectivity index (χ1n) is 6.88. The van der Waals surface area contributed by atoms with Gasteiger partial charge in [0.2, 0.25) is 0 Å². The number of benzene rings is 2. The molecule has 5 nitrogen and oxygen atoms in total. The highest BCUT2D eigenvalue weighted by Gasteiger charge is 2.19. The average Bonchev–Trinajstić information content (AvgIpc) is 2.87. The van der Waals surface area contributed by atoms with Crippen LogP contribution in [0.25, 0.3) is 6.08 Å². The summed E-state index contributed by atoms with van der Waals surface area (Å²) in [6.45, 7) is 0. The SMILES string of the molecule is NC1=NC(=O)/C(=C/c2ccc(OC(=O)c3ccccc3I)cc2)S1. The molecule has 0 aromatic heterocycles. The number of amidine groups is 1. The Morgan fingerprint density at radius 2 is 1.88 bits per heavy atom. The summed E-state index contributed by atoms with van der Waals surface area (Å²) in [6.07, 6.45) is 1.70. The number of nitrogens with zero attached hydrogens (tertiary/aromatic N) is 1. The van der Waals surface area contributed by atoms with E-state index in [2.05, 4.69) is 27.6 Å². The Balaban J connectivity index is 1.72. The van der Waals surface area contributed by atoms with Crippen LogP contribution in [0.5, 0.6) is 5.75 Å². The van der Waals surface area contributed by atoms with Gasteiger partial charge < -0.3 is 10.5 Å². The lowest BCUT2D eigenvalue weighted by Gasteiger charge is -2.06. The Hall–Kier alpha value is -2.13. The molecule has 1 aliphatic heterocycles. The topological polar surface area (TPSA) is 81.8 Å². The molecule has 2 N–H and O–H groups in total. The van der Waals surface area contributed by atoms with Crippen molar-refractivity contribution in [3.05, 3.63) is 68.1 Å². The highest BCUT2D eigenvalue weighted by atomic mass is 127. The number of hydrogen-bond donors (Lipinski definition) is 1. The number of ether oxygens (including phenoxy) is 1. The highest BCUT2D eigenvalue weighted by Crippen LogP contribution is 2.27. The van der Waals surface area contributed by atoms with Crippen LogP contribution < -0.4 is 10.5 Å². The molecule has 0 spiro atoms. The van der Waals surface area contributed by atoms with E-state index in [4.69, 9.17) is 10.5 Å². The normalized spacial score (nSPS) is 15.5. The van der Waals surface area contributed by atoms with Crippen molar-refractivity contribution in [1.82, 2.24) is 0 Å². The predicted molar refractivity (Wildman–Crippen MR) is 103 cm³/mol. The zero-order chi connectivity index (χ0) is 17.1. The maximum absolute atomic E-state index is 12.2. The van der Waals surface area contributed by atoms with Crippen molar-refractivity contribution >= 4 is 57.5 Å². The molecule has 0 fully saturated rings. The van der Waals surface area contributed by atoms with Crippen molar-refractivity contribution < 1.29 is 14.3 Å². The quantitative estimate of drug-likeness (QED) is 0.336. The Bertz CT molecular complexity index is 876. The van der Waals surface area contributed by atoms with Crippen molar-refractivity contribution in [1.29, 1.82) is 0 Å². The molecule has 2 aromatic rings. The Morgan fingerprint density at radius 3 is 2.50 bits per heavy atom. The minimum atomic E-state index is -0.409. The second kappa shape index (κ2) is 7.18. The molecule has 7 heteroatoms. The van der Waals surface area contributed by atoms with Crippen molar-refractivity contribution in [2.75, 3.05) is 0 Å². The molecule has 0 saturated heterocycles. The van der Waals surface area contributed by atoms with E-state index in [0.717, 1.165) is 20.9 Å². The molecule has 0 atom stereocenters. The van der Waals surface area contributed by atoms with Crippen molar-refractivity contribution in [3.63, 3.8) is 0 Å². The van der Waals surface area contributed by atoms with E-state index < -0.39 is 5.97 Å². The Morgan fingerprint density at radius 1 is 1.17 bits per heavy atom. The van der Waals surface area contributed by atoms with Gasteiger partial charge >= 0.3 is 5.97 Å². The van der Waals surface area contributed by atoms with E-state index in [0.29, 0.717) is 16.2 Å². The lowest BCUT2D eigenvalue weighted by Crippen LogP contribution is -2.10. The number of aliphatic imine (C=N–C) groups is 1. The summed E-state index contributed by atoms with van der Waals surface area (Å²) < 4.78 is 6.19. The fraction of sp³-hybridized carbons (Fsp3) is 0. The summed E-state index contributed by atoms with van der Waals surface area (Å²) in [5, 5.41) is 0.245. The number of amides is 1. The number of esters is 1. The molecular weight excluding hydrogens is 439 g/mol. The zero-order valence-corrected chi connectivity index (χ0v) is 15.2. The summed E-state index contributed by atoms with van der Waals surface area (Å²) in [4.78, 5) is 27.8. The number of carbonyl (C=O) groups is 2. The second-order valence-electron chi connectivity index (χ2n) is 4.80. The number of halogens is 1. The molecule has 2 aromatic carbocycles. The molecule has 3 rings (SSSR count). The lowest BCUT2D eigenvalue weighted by molar-refractivity contribution is -0.113. The minimum absolute atomic E-state index is 0.245. The van der Waals surface area contributed by atoms with Crippen LogP contribution in [0.3, 0.4) is 0 Å². The Kier molecular flexibility index (Phi) is 5.00. The van der Waals surface area contributed by atoms with Gasteiger partial charge in [0, 0.05) is 3.57 Å².